The van der Waals surface area contributed by atoms with Crippen LogP contribution in [0.1, 0.15) is 37.2 Å². The number of benzene rings is 1. The summed E-state index contributed by atoms with van der Waals surface area (Å²) in [6.45, 7) is 6.57. The molecule has 2 aromatic rings. The van der Waals surface area contributed by atoms with E-state index < -0.39 is 18.1 Å². The number of nitrogens with zero attached hydrogens (tertiary/aromatic N) is 5. The number of carboxylic acid groups (broad SMARTS) is 1. The van der Waals surface area contributed by atoms with Gasteiger partial charge in [-0.2, -0.15) is 0 Å². The maximum Gasteiger partial charge on any atom is 0.506 e. The van der Waals surface area contributed by atoms with Crippen LogP contribution in [0.15, 0.2) is 36.4 Å². The van der Waals surface area contributed by atoms with Gasteiger partial charge in [0.2, 0.25) is 5.91 Å². The molecule has 3 aliphatic rings. The molecule has 13 heteroatoms. The molecule has 1 aliphatic carbocycles. The average molecular weight is 581 g/mol. The normalized spacial score (nSPS) is 21.8. The first-order valence-corrected chi connectivity index (χ1v) is 14.4. The summed E-state index contributed by atoms with van der Waals surface area (Å²) in [7, 11) is 0. The first kappa shape index (κ1) is 29.1. The van der Waals surface area contributed by atoms with Gasteiger partial charge in [0.1, 0.15) is 23.7 Å². The Morgan fingerprint density at radius 3 is 2.33 bits per heavy atom. The Bertz CT molecular complexity index is 1300. The van der Waals surface area contributed by atoms with Gasteiger partial charge in [-0.3, -0.25) is 9.59 Å². The van der Waals surface area contributed by atoms with E-state index in [1.165, 1.54) is 0 Å². The number of carbonyl (C=O) groups is 4. The molecule has 2 aliphatic heterocycles. The number of anilines is 1. The van der Waals surface area contributed by atoms with Crippen molar-refractivity contribution < 1.29 is 33.8 Å². The van der Waals surface area contributed by atoms with Gasteiger partial charge < -0.3 is 34.6 Å². The number of hydrogen-bond donors (Lipinski definition) is 2. The summed E-state index contributed by atoms with van der Waals surface area (Å²) >= 11 is 0. The average Bonchev–Trinajstić information content (AvgIpc) is 3.41. The number of rotatable bonds is 9. The summed E-state index contributed by atoms with van der Waals surface area (Å²) in [6, 6.07) is 10.1. The van der Waals surface area contributed by atoms with Gasteiger partial charge in [-0.25, -0.2) is 19.6 Å². The number of aromatic nitrogens is 2. The van der Waals surface area contributed by atoms with Crippen LogP contribution in [0.5, 0.6) is 0 Å². The standard InChI is InChI=1S/C29H36N6O7/c1-3-4-14-41-28(38)34-12-10-33(11-13-34)27(37)18(2)30-26(36)22-15-23(32-25(31-22)19-8-6-5-7-9-19)35-16-20-21(17-35)24(20)42-29(39)40/h5-9,15,18,20-21,24H,3-4,10-14,16-17H2,1-2H3,(H,30,36)(H,39,40)/t18-,20-,21+,24-/m0/s1. The van der Waals surface area contributed by atoms with E-state index in [1.807, 2.05) is 42.2 Å². The second-order valence-corrected chi connectivity index (χ2v) is 10.9. The number of fused-ring (bicyclic) bond motifs is 1. The van der Waals surface area contributed by atoms with Gasteiger partial charge in [0.15, 0.2) is 5.82 Å². The van der Waals surface area contributed by atoms with E-state index in [0.29, 0.717) is 57.5 Å². The van der Waals surface area contributed by atoms with Crippen molar-refractivity contribution in [2.24, 2.45) is 11.8 Å². The molecule has 5 rings (SSSR count). The Kier molecular flexibility index (Phi) is 8.74. The van der Waals surface area contributed by atoms with Crippen molar-refractivity contribution in [2.45, 2.75) is 38.8 Å². The van der Waals surface area contributed by atoms with Crippen LogP contribution in [0.25, 0.3) is 11.4 Å². The van der Waals surface area contributed by atoms with Crippen molar-refractivity contribution in [1.29, 1.82) is 0 Å². The van der Waals surface area contributed by atoms with Crippen molar-refractivity contribution in [2.75, 3.05) is 50.8 Å². The van der Waals surface area contributed by atoms with Crippen LogP contribution in [0.2, 0.25) is 0 Å². The number of nitrogens with one attached hydrogen (secondary N) is 1. The van der Waals surface area contributed by atoms with E-state index >= 15 is 0 Å². The third-order valence-electron chi connectivity index (χ3n) is 7.94. The Labute approximate surface area is 243 Å². The van der Waals surface area contributed by atoms with Crippen LogP contribution in [-0.4, -0.2) is 107 Å². The first-order chi connectivity index (χ1) is 20.2. The number of piperidine rings is 1. The minimum Gasteiger partial charge on any atom is -0.450 e. The van der Waals surface area contributed by atoms with E-state index in [9.17, 15) is 19.2 Å². The Morgan fingerprint density at radius 1 is 1.02 bits per heavy atom. The summed E-state index contributed by atoms with van der Waals surface area (Å²) in [5.74, 6) is 0.346. The lowest BCUT2D eigenvalue weighted by molar-refractivity contribution is -0.134. The Balaban J connectivity index is 1.23. The summed E-state index contributed by atoms with van der Waals surface area (Å²) in [6.07, 6.45) is -0.206. The fourth-order valence-corrected chi connectivity index (χ4v) is 5.49. The van der Waals surface area contributed by atoms with Crippen LogP contribution in [0.4, 0.5) is 15.4 Å². The quantitative estimate of drug-likeness (QED) is 0.334. The highest BCUT2D eigenvalue weighted by molar-refractivity contribution is 5.97. The molecule has 1 aromatic carbocycles. The first-order valence-electron chi connectivity index (χ1n) is 14.4. The van der Waals surface area contributed by atoms with E-state index in [-0.39, 0.29) is 35.6 Å². The molecule has 4 atom stereocenters. The SMILES string of the molecule is CCCCOC(=O)N1CCN(C(=O)[C@H](C)NC(=O)c2cc(N3C[C@@H]4[C@H](C3)[C@@H]4OC(=O)O)nc(-c3ccccc3)n2)CC1. The fraction of sp³-hybridized carbons (Fsp3) is 0.517. The van der Waals surface area contributed by atoms with Gasteiger partial charge in [0.25, 0.3) is 5.91 Å². The van der Waals surface area contributed by atoms with Crippen LogP contribution in [-0.2, 0) is 14.3 Å². The minimum atomic E-state index is -1.27. The van der Waals surface area contributed by atoms with Crippen molar-refractivity contribution >= 4 is 29.9 Å². The predicted octanol–water partition coefficient (Wildman–Crippen LogP) is 2.47. The maximum atomic E-state index is 13.4. The molecule has 224 valence electrons. The molecule has 3 heterocycles. The van der Waals surface area contributed by atoms with Crippen LogP contribution >= 0.6 is 0 Å². The predicted molar refractivity (Wildman–Crippen MR) is 151 cm³/mol. The van der Waals surface area contributed by atoms with E-state index in [4.69, 9.17) is 19.6 Å². The number of carbonyl (C=O) groups excluding carboxylic acids is 3. The second-order valence-electron chi connectivity index (χ2n) is 10.9. The smallest absolute Gasteiger partial charge is 0.450 e. The molecule has 42 heavy (non-hydrogen) atoms. The highest BCUT2D eigenvalue weighted by Crippen LogP contribution is 2.48. The van der Waals surface area contributed by atoms with Gasteiger partial charge in [-0.1, -0.05) is 43.7 Å². The molecule has 3 fully saturated rings. The van der Waals surface area contributed by atoms with Crippen molar-refractivity contribution in [1.82, 2.24) is 25.1 Å². The summed E-state index contributed by atoms with van der Waals surface area (Å²) in [5, 5.41) is 11.7. The molecule has 1 aromatic heterocycles. The molecule has 1 saturated carbocycles. The minimum absolute atomic E-state index is 0.0878. The number of piperazine rings is 1. The third kappa shape index (κ3) is 6.55. The van der Waals surface area contributed by atoms with Crippen molar-refractivity contribution in [3.8, 4) is 11.4 Å². The summed E-state index contributed by atoms with van der Waals surface area (Å²) in [5.41, 5.74) is 0.858. The van der Waals surface area contributed by atoms with Gasteiger partial charge in [0, 0.05) is 62.7 Å². The lowest BCUT2D eigenvalue weighted by Crippen LogP contribution is -2.55. The molecule has 0 unspecified atom stereocenters. The number of ether oxygens (including phenoxy) is 2. The molecule has 13 nitrogen and oxygen atoms in total. The Morgan fingerprint density at radius 2 is 1.69 bits per heavy atom. The summed E-state index contributed by atoms with van der Waals surface area (Å²) in [4.78, 5) is 64.1. The van der Waals surface area contributed by atoms with E-state index in [0.717, 1.165) is 18.4 Å². The maximum absolute atomic E-state index is 13.4. The van der Waals surface area contributed by atoms with Crippen molar-refractivity contribution in [3.63, 3.8) is 0 Å². The lowest BCUT2D eigenvalue weighted by atomic mass is 10.2. The molecule has 2 saturated heterocycles. The molecular weight excluding hydrogens is 544 g/mol. The molecular formula is C29H36N6O7. The summed E-state index contributed by atoms with van der Waals surface area (Å²) < 4.78 is 10.2. The topological polar surface area (TPSA) is 154 Å². The van der Waals surface area contributed by atoms with Gasteiger partial charge in [-0.05, 0) is 13.3 Å². The zero-order chi connectivity index (χ0) is 29.8. The molecule has 3 amide bonds. The highest BCUT2D eigenvalue weighted by atomic mass is 16.7. The lowest BCUT2D eigenvalue weighted by Gasteiger charge is -2.35. The van der Waals surface area contributed by atoms with Crippen LogP contribution < -0.4 is 10.2 Å². The van der Waals surface area contributed by atoms with Crippen LogP contribution in [0.3, 0.4) is 0 Å². The molecule has 0 spiro atoms. The number of hydrogen-bond acceptors (Lipinski definition) is 9. The van der Waals surface area contributed by atoms with E-state index in [2.05, 4.69) is 10.3 Å². The van der Waals surface area contributed by atoms with Gasteiger partial charge >= 0.3 is 12.2 Å². The van der Waals surface area contributed by atoms with Gasteiger partial charge in [-0.15, -0.1) is 0 Å². The fourth-order valence-electron chi connectivity index (χ4n) is 5.49. The van der Waals surface area contributed by atoms with E-state index in [1.54, 1.807) is 22.8 Å². The monoisotopic (exact) mass is 580 g/mol. The molecule has 0 radical (unpaired) electrons. The van der Waals surface area contributed by atoms with Gasteiger partial charge in [0.05, 0.1) is 6.61 Å². The zero-order valence-corrected chi connectivity index (χ0v) is 23.8. The second kappa shape index (κ2) is 12.6. The van der Waals surface area contributed by atoms with Crippen molar-refractivity contribution in [3.05, 3.63) is 42.1 Å². The highest BCUT2D eigenvalue weighted by Gasteiger charge is 2.59. The largest absolute Gasteiger partial charge is 0.506 e. The Hall–Kier alpha value is -4.42. The molecule has 2 N–H and O–H groups in total. The zero-order valence-electron chi connectivity index (χ0n) is 23.8. The number of amides is 3. The number of unbranched alkanes of at least 4 members (excludes halogenated alkanes) is 1. The molecule has 0 bridgehead atoms. The van der Waals surface area contributed by atoms with Crippen LogP contribution in [0, 0.1) is 11.8 Å². The third-order valence-corrected chi connectivity index (χ3v) is 7.94.